The van der Waals surface area contributed by atoms with Gasteiger partial charge in [-0.15, -0.1) is 0 Å². The second kappa shape index (κ2) is 11.3. The summed E-state index contributed by atoms with van der Waals surface area (Å²) in [5.74, 6) is -1.56. The Morgan fingerprint density at radius 3 is 2.36 bits per heavy atom. The van der Waals surface area contributed by atoms with Crippen molar-refractivity contribution in [3.05, 3.63) is 78.4 Å². The first-order valence-corrected chi connectivity index (χ1v) is 15.1. The van der Waals surface area contributed by atoms with Crippen molar-refractivity contribution < 1.29 is 35.5 Å². The van der Waals surface area contributed by atoms with E-state index in [1.807, 2.05) is 0 Å². The van der Waals surface area contributed by atoms with Gasteiger partial charge in [0.05, 0.1) is 18.0 Å². The molecule has 210 valence electrons. The molecule has 0 saturated heterocycles. The van der Waals surface area contributed by atoms with E-state index in [0.29, 0.717) is 11.1 Å². The Kier molecular flexibility index (Phi) is 8.43. The number of sulfonamides is 2. The fourth-order valence-electron chi connectivity index (χ4n) is 4.43. The lowest BCUT2D eigenvalue weighted by Gasteiger charge is -2.37. The first-order chi connectivity index (χ1) is 18.3. The molecular formula is C27H30F2N2O6S2. The van der Waals surface area contributed by atoms with E-state index in [-0.39, 0.29) is 28.6 Å². The van der Waals surface area contributed by atoms with E-state index < -0.39 is 56.4 Å². The first-order valence-electron chi connectivity index (χ1n) is 12.3. The third-order valence-electron chi connectivity index (χ3n) is 6.78. The van der Waals surface area contributed by atoms with Crippen LogP contribution in [0.1, 0.15) is 13.8 Å². The maximum absolute atomic E-state index is 13.9. The monoisotopic (exact) mass is 580 g/mol. The van der Waals surface area contributed by atoms with Crippen LogP contribution in [0.3, 0.4) is 0 Å². The van der Waals surface area contributed by atoms with Crippen LogP contribution in [0.15, 0.2) is 76.5 Å². The van der Waals surface area contributed by atoms with Gasteiger partial charge in [0, 0.05) is 25.6 Å². The molecule has 1 aliphatic rings. The molecule has 3 aromatic carbocycles. The van der Waals surface area contributed by atoms with Crippen molar-refractivity contribution in [2.45, 2.75) is 35.8 Å². The number of hydrogen-bond acceptors (Lipinski definition) is 6. The van der Waals surface area contributed by atoms with Crippen molar-refractivity contribution in [2.75, 3.05) is 26.7 Å². The van der Waals surface area contributed by atoms with Gasteiger partial charge in [0.1, 0.15) is 28.4 Å². The quantitative estimate of drug-likeness (QED) is 0.457. The predicted octanol–water partition coefficient (Wildman–Crippen LogP) is 3.72. The standard InChI is InChI=1S/C27H30F2N2O6S2/c1-18-15-31(19(2)17-32)39(35,36)27-12-7-21(20-5-4-6-23(29)13-20)14-25(27)37-26(18)16-30(3)38(33,34)24-10-8-22(28)9-11-24/h4-14,18-19,26,32H,15-17H2,1-3H3/t18-,19+,26-/m1/s1. The molecule has 0 aromatic heterocycles. The first kappa shape index (κ1) is 29.1. The van der Waals surface area contributed by atoms with Gasteiger partial charge < -0.3 is 9.84 Å². The third-order valence-corrected chi connectivity index (χ3v) is 10.6. The molecule has 0 spiro atoms. The van der Waals surface area contributed by atoms with Gasteiger partial charge >= 0.3 is 0 Å². The van der Waals surface area contributed by atoms with E-state index in [9.17, 15) is 30.7 Å². The lowest BCUT2D eigenvalue weighted by atomic mass is 10.0. The summed E-state index contributed by atoms with van der Waals surface area (Å²) >= 11 is 0. The molecule has 3 aromatic rings. The van der Waals surface area contributed by atoms with E-state index in [2.05, 4.69) is 0 Å². The minimum atomic E-state index is -4.11. The summed E-state index contributed by atoms with van der Waals surface area (Å²) in [4.78, 5) is -0.249. The van der Waals surface area contributed by atoms with E-state index in [1.165, 1.54) is 53.8 Å². The fourth-order valence-corrected chi connectivity index (χ4v) is 7.44. The molecule has 0 fully saturated rings. The Labute approximate surface area is 227 Å². The molecular weight excluding hydrogens is 550 g/mol. The second-order valence-electron chi connectivity index (χ2n) is 9.65. The minimum Gasteiger partial charge on any atom is -0.487 e. The SMILES string of the molecule is C[C@@H]1CN([C@@H](C)CO)S(=O)(=O)c2ccc(-c3cccc(F)c3)cc2O[C@@H]1CN(C)S(=O)(=O)c1ccc(F)cc1. The van der Waals surface area contributed by atoms with Crippen LogP contribution in [0.5, 0.6) is 5.75 Å². The molecule has 1 heterocycles. The zero-order valence-electron chi connectivity index (χ0n) is 21.7. The maximum atomic E-state index is 13.9. The van der Waals surface area contributed by atoms with E-state index >= 15 is 0 Å². The van der Waals surface area contributed by atoms with Crippen molar-refractivity contribution >= 4 is 20.0 Å². The summed E-state index contributed by atoms with van der Waals surface area (Å²) in [5.41, 5.74) is 1.01. The summed E-state index contributed by atoms with van der Waals surface area (Å²) in [5, 5.41) is 9.81. The van der Waals surface area contributed by atoms with Gasteiger partial charge in [-0.3, -0.25) is 0 Å². The molecule has 39 heavy (non-hydrogen) atoms. The molecule has 1 aliphatic heterocycles. The molecule has 0 bridgehead atoms. The van der Waals surface area contributed by atoms with Crippen LogP contribution < -0.4 is 4.74 Å². The molecule has 0 saturated carbocycles. The number of aliphatic hydroxyl groups is 1. The smallest absolute Gasteiger partial charge is 0.247 e. The van der Waals surface area contributed by atoms with Gasteiger partial charge in [0.15, 0.2) is 0 Å². The van der Waals surface area contributed by atoms with Crippen molar-refractivity contribution in [3.63, 3.8) is 0 Å². The van der Waals surface area contributed by atoms with Crippen molar-refractivity contribution in [1.82, 2.24) is 8.61 Å². The largest absolute Gasteiger partial charge is 0.487 e. The number of likely N-dealkylation sites (N-methyl/N-ethyl adjacent to an activating group) is 1. The molecule has 0 aliphatic carbocycles. The average Bonchev–Trinajstić information content (AvgIpc) is 2.90. The summed E-state index contributed by atoms with van der Waals surface area (Å²) in [6.45, 7) is 2.70. The van der Waals surface area contributed by atoms with Crippen LogP contribution in [0.25, 0.3) is 11.1 Å². The number of rotatable bonds is 7. The molecule has 0 radical (unpaired) electrons. The number of benzene rings is 3. The molecule has 8 nitrogen and oxygen atoms in total. The second-order valence-corrected chi connectivity index (χ2v) is 13.6. The lowest BCUT2D eigenvalue weighted by molar-refractivity contribution is 0.0905. The highest BCUT2D eigenvalue weighted by atomic mass is 32.2. The average molecular weight is 581 g/mol. The highest BCUT2D eigenvalue weighted by Crippen LogP contribution is 2.37. The van der Waals surface area contributed by atoms with E-state index in [4.69, 9.17) is 4.74 Å². The van der Waals surface area contributed by atoms with Crippen molar-refractivity contribution in [3.8, 4) is 16.9 Å². The van der Waals surface area contributed by atoms with Crippen LogP contribution in [-0.4, -0.2) is 69.4 Å². The summed E-state index contributed by atoms with van der Waals surface area (Å²) in [7, 11) is -6.77. The topological polar surface area (TPSA) is 104 Å². The summed E-state index contributed by atoms with van der Waals surface area (Å²) in [6.07, 6.45) is -0.810. The molecule has 1 N–H and O–H groups in total. The summed E-state index contributed by atoms with van der Waals surface area (Å²) < 4.78 is 89.5. The van der Waals surface area contributed by atoms with Gasteiger partial charge in [0.2, 0.25) is 20.0 Å². The van der Waals surface area contributed by atoms with E-state index in [0.717, 1.165) is 16.4 Å². The Morgan fingerprint density at radius 1 is 1.05 bits per heavy atom. The van der Waals surface area contributed by atoms with Crippen LogP contribution >= 0.6 is 0 Å². The molecule has 0 unspecified atom stereocenters. The highest BCUT2D eigenvalue weighted by Gasteiger charge is 2.39. The third kappa shape index (κ3) is 5.99. The number of nitrogens with zero attached hydrogens (tertiary/aromatic N) is 2. The Balaban J connectivity index is 1.77. The van der Waals surface area contributed by atoms with Gasteiger partial charge in [-0.05, 0) is 66.6 Å². The molecule has 4 rings (SSSR count). The van der Waals surface area contributed by atoms with Crippen LogP contribution in [0.4, 0.5) is 8.78 Å². The summed E-state index contributed by atoms with van der Waals surface area (Å²) in [6, 6.07) is 13.9. The number of ether oxygens (including phenoxy) is 1. The number of halogens is 2. The van der Waals surface area contributed by atoms with Crippen LogP contribution in [0.2, 0.25) is 0 Å². The Hall–Kier alpha value is -2.90. The Bertz CT molecular complexity index is 1550. The van der Waals surface area contributed by atoms with Gasteiger partial charge in [0.25, 0.3) is 0 Å². The van der Waals surface area contributed by atoms with Crippen LogP contribution in [0, 0.1) is 17.6 Å². The fraction of sp³-hybridized carbons (Fsp3) is 0.333. The molecule has 3 atom stereocenters. The predicted molar refractivity (Wildman–Crippen MR) is 142 cm³/mol. The zero-order chi connectivity index (χ0) is 28.5. The van der Waals surface area contributed by atoms with E-state index in [1.54, 1.807) is 26.0 Å². The lowest BCUT2D eigenvalue weighted by Crippen LogP contribution is -2.50. The highest BCUT2D eigenvalue weighted by molar-refractivity contribution is 7.89. The van der Waals surface area contributed by atoms with Crippen molar-refractivity contribution in [2.24, 2.45) is 5.92 Å². The number of aliphatic hydroxyl groups excluding tert-OH is 1. The van der Waals surface area contributed by atoms with Gasteiger partial charge in [-0.1, -0.05) is 25.1 Å². The van der Waals surface area contributed by atoms with Gasteiger partial charge in [-0.2, -0.15) is 8.61 Å². The maximum Gasteiger partial charge on any atom is 0.247 e. The number of fused-ring (bicyclic) bond motifs is 1. The number of hydrogen-bond donors (Lipinski definition) is 1. The van der Waals surface area contributed by atoms with Gasteiger partial charge in [-0.25, -0.2) is 25.6 Å². The Morgan fingerprint density at radius 2 is 1.72 bits per heavy atom. The minimum absolute atomic E-state index is 0.0176. The van der Waals surface area contributed by atoms with Crippen LogP contribution in [-0.2, 0) is 20.0 Å². The molecule has 12 heteroatoms. The van der Waals surface area contributed by atoms with Crippen molar-refractivity contribution in [1.29, 1.82) is 0 Å². The zero-order valence-corrected chi connectivity index (χ0v) is 23.3. The molecule has 0 amide bonds. The normalized spacial score (nSPS) is 20.5.